The van der Waals surface area contributed by atoms with Crippen LogP contribution in [0.2, 0.25) is 0 Å². The van der Waals surface area contributed by atoms with Crippen molar-refractivity contribution in [2.24, 2.45) is 0 Å². The first-order chi connectivity index (χ1) is 8.49. The van der Waals surface area contributed by atoms with Crippen molar-refractivity contribution in [3.63, 3.8) is 0 Å². The Kier molecular flexibility index (Phi) is 6.20. The van der Waals surface area contributed by atoms with E-state index in [9.17, 15) is 8.42 Å². The van der Waals surface area contributed by atoms with E-state index in [0.717, 1.165) is 18.0 Å². The Morgan fingerprint density at radius 3 is 2.83 bits per heavy atom. The third-order valence-electron chi connectivity index (χ3n) is 2.37. The van der Waals surface area contributed by atoms with E-state index in [1.165, 1.54) is 6.20 Å². The largest absolute Gasteiger partial charge is 0.363 e. The van der Waals surface area contributed by atoms with Crippen LogP contribution in [0.25, 0.3) is 0 Å². The van der Waals surface area contributed by atoms with Gasteiger partial charge in [0.2, 0.25) is 10.0 Å². The number of hydrogen-bond acceptors (Lipinski definition) is 4. The molecule has 0 aliphatic heterocycles. The van der Waals surface area contributed by atoms with Crippen LogP contribution in [0.5, 0.6) is 0 Å². The predicted molar refractivity (Wildman–Crippen MR) is 76.3 cm³/mol. The van der Waals surface area contributed by atoms with Gasteiger partial charge < -0.3 is 10.3 Å². The van der Waals surface area contributed by atoms with Gasteiger partial charge in [-0.25, -0.2) is 13.1 Å². The minimum atomic E-state index is -3.41. The number of nitrogens with one attached hydrogen (secondary N) is 3. The Bertz CT molecular complexity index is 457. The van der Waals surface area contributed by atoms with Crippen molar-refractivity contribution in [1.82, 2.24) is 15.0 Å². The van der Waals surface area contributed by atoms with Crippen molar-refractivity contribution in [1.29, 1.82) is 0 Å². The topological polar surface area (TPSA) is 74.0 Å². The quantitative estimate of drug-likeness (QED) is 0.672. The van der Waals surface area contributed by atoms with Crippen LogP contribution in [-0.2, 0) is 16.6 Å². The molecule has 18 heavy (non-hydrogen) atoms. The van der Waals surface area contributed by atoms with Crippen LogP contribution < -0.4 is 10.0 Å². The summed E-state index contributed by atoms with van der Waals surface area (Å²) in [6.45, 7) is 5.36. The molecule has 1 heterocycles. The number of H-pyrrole nitrogens is 1. The molecule has 1 unspecified atom stereocenters. The first kappa shape index (κ1) is 15.6. The minimum Gasteiger partial charge on any atom is -0.363 e. The normalized spacial score (nSPS) is 13.7. The summed E-state index contributed by atoms with van der Waals surface area (Å²) in [7, 11) is -3.41. The van der Waals surface area contributed by atoms with Gasteiger partial charge in [-0.15, -0.1) is 0 Å². The van der Waals surface area contributed by atoms with Gasteiger partial charge in [-0.05, 0) is 25.8 Å². The zero-order chi connectivity index (χ0) is 13.6. The lowest BCUT2D eigenvalue weighted by Gasteiger charge is -2.11. The summed E-state index contributed by atoms with van der Waals surface area (Å²) in [6.07, 6.45) is 3.48. The molecule has 0 amide bonds. The molecule has 0 radical (unpaired) electrons. The van der Waals surface area contributed by atoms with Crippen LogP contribution in [0.3, 0.4) is 0 Å². The van der Waals surface area contributed by atoms with Crippen LogP contribution in [-0.4, -0.2) is 38.0 Å². The van der Waals surface area contributed by atoms with Crippen molar-refractivity contribution in [2.75, 3.05) is 18.6 Å². The monoisotopic (exact) mass is 291 g/mol. The molecule has 0 bridgehead atoms. The minimum absolute atomic E-state index is 0.0721. The van der Waals surface area contributed by atoms with Crippen LogP contribution in [0.15, 0.2) is 17.2 Å². The number of hydrogen-bond donors (Lipinski definition) is 3. The Hall–Kier alpha value is -0.500. The van der Waals surface area contributed by atoms with E-state index in [4.69, 9.17) is 0 Å². The second kappa shape index (κ2) is 7.18. The molecule has 0 aliphatic carbocycles. The van der Waals surface area contributed by atoms with Crippen molar-refractivity contribution in [3.05, 3.63) is 18.0 Å². The average Bonchev–Trinajstić information content (AvgIpc) is 2.75. The molecule has 5 nitrogen and oxygen atoms in total. The Morgan fingerprint density at radius 1 is 1.50 bits per heavy atom. The Labute approximate surface area is 113 Å². The summed E-state index contributed by atoms with van der Waals surface area (Å²) < 4.78 is 26.7. The summed E-state index contributed by atoms with van der Waals surface area (Å²) in [5.74, 6) is 0.758. The molecule has 7 heteroatoms. The zero-order valence-corrected chi connectivity index (χ0v) is 12.6. The second-order valence-electron chi connectivity index (χ2n) is 4.12. The van der Waals surface area contributed by atoms with E-state index in [0.29, 0.717) is 11.4 Å². The highest BCUT2D eigenvalue weighted by Crippen LogP contribution is 2.11. The van der Waals surface area contributed by atoms with Crippen LogP contribution >= 0.6 is 11.8 Å². The van der Waals surface area contributed by atoms with Crippen molar-refractivity contribution in [2.45, 2.75) is 31.3 Å². The molecule has 0 saturated carbocycles. The van der Waals surface area contributed by atoms with Gasteiger partial charge in [-0.2, -0.15) is 11.8 Å². The van der Waals surface area contributed by atoms with Crippen molar-refractivity contribution < 1.29 is 8.42 Å². The second-order valence-corrected chi connectivity index (χ2v) is 6.74. The lowest BCUT2D eigenvalue weighted by atomic mass is 10.4. The fraction of sp³-hybridized carbons (Fsp3) is 0.636. The summed E-state index contributed by atoms with van der Waals surface area (Å²) in [5, 5.41) is 3.14. The number of thioether (sulfide) groups is 1. The Balaban J connectivity index is 2.69. The summed E-state index contributed by atoms with van der Waals surface area (Å²) in [4.78, 5) is 3.26. The first-order valence-corrected chi connectivity index (χ1v) is 8.76. The third kappa shape index (κ3) is 4.64. The predicted octanol–water partition coefficient (Wildman–Crippen LogP) is 1.15. The Morgan fingerprint density at radius 2 is 2.22 bits per heavy atom. The van der Waals surface area contributed by atoms with Crippen LogP contribution in [0.4, 0.5) is 0 Å². The summed E-state index contributed by atoms with van der Waals surface area (Å²) in [5.41, 5.74) is 0.870. The van der Waals surface area contributed by atoms with Gasteiger partial charge in [0.1, 0.15) is 0 Å². The molecule has 1 rings (SSSR count). The molecule has 3 N–H and O–H groups in total. The van der Waals surface area contributed by atoms with E-state index >= 15 is 0 Å². The third-order valence-corrected chi connectivity index (χ3v) is 4.77. The van der Waals surface area contributed by atoms with E-state index < -0.39 is 10.0 Å². The number of sulfonamides is 1. The summed E-state index contributed by atoms with van der Waals surface area (Å²) >= 11 is 1.62. The zero-order valence-electron chi connectivity index (χ0n) is 11.0. The number of aromatic nitrogens is 1. The smallest absolute Gasteiger partial charge is 0.242 e. The molecule has 0 aromatic carbocycles. The molecule has 0 saturated heterocycles. The molecule has 1 aromatic heterocycles. The molecule has 104 valence electrons. The van der Waals surface area contributed by atoms with Gasteiger partial charge in [-0.1, -0.05) is 6.92 Å². The summed E-state index contributed by atoms with van der Waals surface area (Å²) in [6, 6.07) is 1.59. The van der Waals surface area contributed by atoms with Gasteiger partial charge in [0.25, 0.3) is 0 Å². The number of rotatable bonds is 8. The van der Waals surface area contributed by atoms with Crippen molar-refractivity contribution >= 4 is 21.8 Å². The SMILES string of the molecule is CCNCc1cc(S(=O)(=O)NC(C)CSC)c[nH]1. The van der Waals surface area contributed by atoms with E-state index in [-0.39, 0.29) is 6.04 Å². The van der Waals surface area contributed by atoms with Crippen molar-refractivity contribution in [3.8, 4) is 0 Å². The molecule has 0 aliphatic rings. The van der Waals surface area contributed by atoms with Gasteiger partial charge in [0, 0.05) is 30.2 Å². The van der Waals surface area contributed by atoms with Gasteiger partial charge in [0.15, 0.2) is 0 Å². The molecule has 1 aromatic rings. The van der Waals surface area contributed by atoms with Crippen LogP contribution in [0.1, 0.15) is 19.5 Å². The van der Waals surface area contributed by atoms with E-state index in [1.807, 2.05) is 20.1 Å². The molecular formula is C11H21N3O2S2. The maximum absolute atomic E-state index is 12.0. The van der Waals surface area contributed by atoms with Gasteiger partial charge >= 0.3 is 0 Å². The van der Waals surface area contributed by atoms with Crippen LogP contribution in [0, 0.1) is 0 Å². The maximum Gasteiger partial charge on any atom is 0.242 e. The fourth-order valence-corrected chi connectivity index (χ4v) is 3.50. The molecule has 0 fully saturated rings. The molecule has 1 atom stereocenters. The average molecular weight is 291 g/mol. The van der Waals surface area contributed by atoms with Gasteiger partial charge in [0.05, 0.1) is 4.90 Å². The molecular weight excluding hydrogens is 270 g/mol. The highest BCUT2D eigenvalue weighted by Gasteiger charge is 2.18. The number of aromatic amines is 1. The highest BCUT2D eigenvalue weighted by atomic mass is 32.2. The lowest BCUT2D eigenvalue weighted by Crippen LogP contribution is -2.34. The van der Waals surface area contributed by atoms with Gasteiger partial charge in [-0.3, -0.25) is 0 Å². The first-order valence-electron chi connectivity index (χ1n) is 5.89. The van der Waals surface area contributed by atoms with E-state index in [2.05, 4.69) is 15.0 Å². The standard InChI is InChI=1S/C11H21N3O2S2/c1-4-12-6-10-5-11(7-13-10)18(15,16)14-9(2)8-17-3/h5,7,9,12-14H,4,6,8H2,1-3H3. The highest BCUT2D eigenvalue weighted by molar-refractivity contribution is 7.98. The maximum atomic E-state index is 12.0. The van der Waals surface area contributed by atoms with E-state index in [1.54, 1.807) is 17.8 Å². The lowest BCUT2D eigenvalue weighted by molar-refractivity contribution is 0.571. The fourth-order valence-electron chi connectivity index (χ4n) is 1.55. The molecule has 0 spiro atoms.